The molecular weight excluding hydrogens is 367 g/mol. The summed E-state index contributed by atoms with van der Waals surface area (Å²) >= 11 is 20.4. The summed E-state index contributed by atoms with van der Waals surface area (Å²) in [7, 11) is 0. The van der Waals surface area contributed by atoms with Crippen molar-refractivity contribution in [3.8, 4) is 11.6 Å². The molecule has 7 heteroatoms. The van der Waals surface area contributed by atoms with Gasteiger partial charge < -0.3 is 4.74 Å². The van der Waals surface area contributed by atoms with Crippen molar-refractivity contribution in [1.82, 2.24) is 4.98 Å². The molecule has 0 saturated heterocycles. The highest BCUT2D eigenvalue weighted by atomic mass is 79.9. The van der Waals surface area contributed by atoms with Crippen LogP contribution in [-0.2, 0) is 0 Å². The predicted molar refractivity (Wildman–Crippen MR) is 73.4 cm³/mol. The molecule has 18 heavy (non-hydrogen) atoms. The number of hydrogen-bond acceptors (Lipinski definition) is 2. The van der Waals surface area contributed by atoms with Crippen LogP contribution >= 0.6 is 50.7 Å². The lowest BCUT2D eigenvalue weighted by molar-refractivity contribution is 0.458. The average Bonchev–Trinajstić information content (AvgIpc) is 2.31. The van der Waals surface area contributed by atoms with E-state index in [1.54, 1.807) is 6.07 Å². The van der Waals surface area contributed by atoms with Gasteiger partial charge in [0.1, 0.15) is 16.6 Å². The molecule has 0 fully saturated rings. The van der Waals surface area contributed by atoms with Crippen molar-refractivity contribution in [2.24, 2.45) is 0 Å². The van der Waals surface area contributed by atoms with Crippen molar-refractivity contribution in [2.75, 3.05) is 0 Å². The van der Waals surface area contributed by atoms with Crippen LogP contribution in [0.25, 0.3) is 0 Å². The van der Waals surface area contributed by atoms with Gasteiger partial charge in [0.05, 0.1) is 9.50 Å². The second kappa shape index (κ2) is 5.61. The third-order valence-electron chi connectivity index (χ3n) is 1.96. The molecule has 1 aromatic carbocycles. The summed E-state index contributed by atoms with van der Waals surface area (Å²) in [6.45, 7) is 0. The Labute approximate surface area is 126 Å². The number of aromatic nitrogens is 1. The first kappa shape index (κ1) is 13.9. The van der Waals surface area contributed by atoms with Gasteiger partial charge in [0.25, 0.3) is 0 Å². The third kappa shape index (κ3) is 3.06. The van der Waals surface area contributed by atoms with Gasteiger partial charge in [0, 0.05) is 6.07 Å². The van der Waals surface area contributed by atoms with Crippen LogP contribution in [0.1, 0.15) is 0 Å². The average molecular weight is 371 g/mol. The standard InChI is InChI=1S/C11H4BrCl3FNO/c12-6-2-1-5(3-9(6)16)18-11-8(14)4-7(13)10(15)17-11/h1-4H. The van der Waals surface area contributed by atoms with Crippen molar-refractivity contribution in [3.05, 3.63) is 49.8 Å². The van der Waals surface area contributed by atoms with Crippen LogP contribution in [0.2, 0.25) is 15.2 Å². The summed E-state index contributed by atoms with van der Waals surface area (Å²) in [5.41, 5.74) is 0. The minimum atomic E-state index is -0.455. The Morgan fingerprint density at radius 3 is 2.50 bits per heavy atom. The smallest absolute Gasteiger partial charge is 0.239 e. The van der Waals surface area contributed by atoms with Gasteiger partial charge in [0.15, 0.2) is 5.15 Å². The van der Waals surface area contributed by atoms with Crippen LogP contribution in [0.15, 0.2) is 28.7 Å². The number of nitrogens with zero attached hydrogens (tertiary/aromatic N) is 1. The predicted octanol–water partition coefficient (Wildman–Crippen LogP) is 5.74. The molecule has 2 rings (SSSR count). The summed E-state index contributed by atoms with van der Waals surface area (Å²) in [6.07, 6.45) is 0. The molecule has 0 atom stereocenters. The second-order valence-corrected chi connectivity index (χ2v) is 5.25. The number of ether oxygens (including phenoxy) is 1. The fraction of sp³-hybridized carbons (Fsp3) is 0. The van der Waals surface area contributed by atoms with Gasteiger partial charge in [-0.3, -0.25) is 0 Å². The SMILES string of the molecule is Fc1cc(Oc2nc(Cl)c(Cl)cc2Cl)ccc1Br. The largest absolute Gasteiger partial charge is 0.437 e. The maximum atomic E-state index is 13.3. The highest BCUT2D eigenvalue weighted by molar-refractivity contribution is 9.10. The van der Waals surface area contributed by atoms with Gasteiger partial charge in [-0.05, 0) is 34.1 Å². The molecule has 0 aliphatic rings. The lowest BCUT2D eigenvalue weighted by atomic mass is 10.3. The van der Waals surface area contributed by atoms with Crippen LogP contribution in [0.3, 0.4) is 0 Å². The molecular formula is C11H4BrCl3FNO. The van der Waals surface area contributed by atoms with Crippen molar-refractivity contribution >= 4 is 50.7 Å². The van der Waals surface area contributed by atoms with E-state index in [-0.39, 0.29) is 26.8 Å². The summed E-state index contributed by atoms with van der Waals surface area (Å²) in [4.78, 5) is 3.86. The van der Waals surface area contributed by atoms with Crippen molar-refractivity contribution in [2.45, 2.75) is 0 Å². The van der Waals surface area contributed by atoms with Gasteiger partial charge in [0.2, 0.25) is 5.88 Å². The van der Waals surface area contributed by atoms with E-state index in [4.69, 9.17) is 39.5 Å². The molecule has 0 bridgehead atoms. The molecule has 0 saturated carbocycles. The van der Waals surface area contributed by atoms with E-state index in [1.165, 1.54) is 18.2 Å². The number of rotatable bonds is 2. The number of pyridine rings is 1. The van der Waals surface area contributed by atoms with E-state index in [2.05, 4.69) is 20.9 Å². The highest BCUT2D eigenvalue weighted by Gasteiger charge is 2.11. The van der Waals surface area contributed by atoms with Crippen LogP contribution in [0, 0.1) is 5.82 Å². The third-order valence-corrected chi connectivity index (χ3v) is 3.55. The maximum Gasteiger partial charge on any atom is 0.239 e. The van der Waals surface area contributed by atoms with Crippen LogP contribution in [-0.4, -0.2) is 4.98 Å². The summed E-state index contributed by atoms with van der Waals surface area (Å²) < 4.78 is 19.0. The van der Waals surface area contributed by atoms with Crippen LogP contribution in [0.4, 0.5) is 4.39 Å². The van der Waals surface area contributed by atoms with E-state index in [9.17, 15) is 4.39 Å². The van der Waals surface area contributed by atoms with Crippen LogP contribution in [0.5, 0.6) is 11.6 Å². The summed E-state index contributed by atoms with van der Waals surface area (Å²) in [5.74, 6) is -0.139. The molecule has 2 aromatic rings. The normalized spacial score (nSPS) is 10.5. The first-order valence-corrected chi connectivity index (χ1v) is 6.54. The first-order chi connectivity index (χ1) is 8.47. The zero-order valence-corrected chi connectivity index (χ0v) is 12.4. The molecule has 0 amide bonds. The molecule has 0 spiro atoms. The minimum absolute atomic E-state index is 0.0628. The molecule has 0 aliphatic carbocycles. The van der Waals surface area contributed by atoms with Gasteiger partial charge in [-0.25, -0.2) is 4.39 Å². The summed E-state index contributed by atoms with van der Waals surface area (Å²) in [6, 6.07) is 5.68. The lowest BCUT2D eigenvalue weighted by Crippen LogP contribution is -1.91. The van der Waals surface area contributed by atoms with E-state index < -0.39 is 5.82 Å². The molecule has 0 aliphatic heterocycles. The maximum absolute atomic E-state index is 13.3. The first-order valence-electron chi connectivity index (χ1n) is 4.62. The molecule has 94 valence electrons. The Hall–Kier alpha value is -0.550. The quantitative estimate of drug-likeness (QED) is 0.629. The van der Waals surface area contributed by atoms with Crippen molar-refractivity contribution in [1.29, 1.82) is 0 Å². The highest BCUT2D eigenvalue weighted by Crippen LogP contribution is 2.33. The van der Waals surface area contributed by atoms with Gasteiger partial charge in [-0.15, -0.1) is 0 Å². The van der Waals surface area contributed by atoms with Crippen molar-refractivity contribution in [3.63, 3.8) is 0 Å². The molecule has 0 N–H and O–H groups in total. The fourth-order valence-electron chi connectivity index (χ4n) is 1.15. The van der Waals surface area contributed by atoms with Gasteiger partial charge in [-0.1, -0.05) is 34.8 Å². The van der Waals surface area contributed by atoms with E-state index in [1.807, 2.05) is 0 Å². The Kier molecular flexibility index (Phi) is 4.33. The zero-order chi connectivity index (χ0) is 13.3. The fourth-order valence-corrected chi connectivity index (χ4v) is 1.93. The topological polar surface area (TPSA) is 22.1 Å². The molecule has 1 heterocycles. The molecule has 0 unspecified atom stereocenters. The van der Waals surface area contributed by atoms with E-state index in [0.717, 1.165) is 0 Å². The number of benzene rings is 1. The number of halogens is 5. The molecule has 2 nitrogen and oxygen atoms in total. The van der Waals surface area contributed by atoms with Crippen molar-refractivity contribution < 1.29 is 9.13 Å². The Morgan fingerprint density at radius 1 is 1.11 bits per heavy atom. The summed E-state index contributed by atoms with van der Waals surface area (Å²) in [5, 5.41) is 0.470. The van der Waals surface area contributed by atoms with E-state index >= 15 is 0 Å². The monoisotopic (exact) mass is 369 g/mol. The van der Waals surface area contributed by atoms with E-state index in [0.29, 0.717) is 4.47 Å². The molecule has 1 aromatic heterocycles. The lowest BCUT2D eigenvalue weighted by Gasteiger charge is -2.08. The van der Waals surface area contributed by atoms with Gasteiger partial charge >= 0.3 is 0 Å². The Bertz CT molecular complexity index is 609. The molecule has 0 radical (unpaired) electrons. The Morgan fingerprint density at radius 2 is 1.83 bits per heavy atom. The Balaban J connectivity index is 2.34. The second-order valence-electron chi connectivity index (χ2n) is 3.23. The van der Waals surface area contributed by atoms with Gasteiger partial charge in [-0.2, -0.15) is 4.98 Å². The van der Waals surface area contributed by atoms with Crippen LogP contribution < -0.4 is 4.74 Å². The number of hydrogen-bond donors (Lipinski definition) is 0. The zero-order valence-electron chi connectivity index (χ0n) is 8.55. The minimum Gasteiger partial charge on any atom is -0.437 e.